The van der Waals surface area contributed by atoms with Gasteiger partial charge in [-0.05, 0) is 54.8 Å². The van der Waals surface area contributed by atoms with Crippen LogP contribution in [0.15, 0.2) is 10.7 Å². The largest absolute Gasteiger partial charge is 0.432 e. The highest BCUT2D eigenvalue weighted by Crippen LogP contribution is 2.14. The van der Waals surface area contributed by atoms with E-state index in [-0.39, 0.29) is 5.54 Å². The van der Waals surface area contributed by atoms with Crippen LogP contribution in [0.1, 0.15) is 39.8 Å². The maximum Gasteiger partial charge on any atom is 0.297 e. The number of hydrogen-bond acceptors (Lipinski definition) is 5. The van der Waals surface area contributed by atoms with Crippen LogP contribution in [0.25, 0.3) is 0 Å². The zero-order chi connectivity index (χ0) is 15.2. The van der Waals surface area contributed by atoms with Gasteiger partial charge < -0.3 is 19.5 Å². The van der Waals surface area contributed by atoms with E-state index in [2.05, 4.69) is 61.9 Å². The van der Waals surface area contributed by atoms with E-state index in [1.807, 2.05) is 0 Å². The van der Waals surface area contributed by atoms with Crippen LogP contribution in [-0.4, -0.2) is 49.2 Å². The minimum atomic E-state index is 0.0925. The molecule has 0 aliphatic heterocycles. The molecule has 0 radical (unpaired) electrons. The van der Waals surface area contributed by atoms with Crippen molar-refractivity contribution >= 4 is 6.01 Å². The van der Waals surface area contributed by atoms with Crippen molar-refractivity contribution < 1.29 is 4.42 Å². The molecule has 0 fully saturated rings. The minimum absolute atomic E-state index is 0.0925. The second-order valence-corrected chi connectivity index (χ2v) is 6.46. The summed E-state index contributed by atoms with van der Waals surface area (Å²) in [5.41, 5.74) is 1.05. The first kappa shape index (κ1) is 17.0. The van der Waals surface area contributed by atoms with Gasteiger partial charge in [0.15, 0.2) is 0 Å². The lowest BCUT2D eigenvalue weighted by Crippen LogP contribution is -2.35. The van der Waals surface area contributed by atoms with Crippen LogP contribution in [0.3, 0.4) is 0 Å². The summed E-state index contributed by atoms with van der Waals surface area (Å²) in [6.07, 6.45) is 2.86. The second-order valence-electron chi connectivity index (χ2n) is 6.46. The molecule has 0 aliphatic rings. The molecule has 0 aliphatic carbocycles. The first-order chi connectivity index (χ1) is 9.31. The molecule has 0 unspecified atom stereocenters. The van der Waals surface area contributed by atoms with Crippen LogP contribution in [0.4, 0.5) is 6.01 Å². The van der Waals surface area contributed by atoms with Gasteiger partial charge in [-0.2, -0.15) is 4.98 Å². The van der Waals surface area contributed by atoms with Crippen molar-refractivity contribution in [3.63, 3.8) is 0 Å². The van der Waals surface area contributed by atoms with E-state index < -0.39 is 0 Å². The maximum atomic E-state index is 5.60. The predicted molar refractivity (Wildman–Crippen MR) is 84.2 cm³/mol. The van der Waals surface area contributed by atoms with Crippen molar-refractivity contribution in [1.29, 1.82) is 0 Å². The standard InChI is InChI=1S/C15H30N4O/c1-7-19(10-8-9-18(5)6)14-17-13(12-20-14)11-16-15(2,3)4/h12,16H,7-11H2,1-6H3. The van der Waals surface area contributed by atoms with Crippen molar-refractivity contribution in [2.45, 2.75) is 46.2 Å². The van der Waals surface area contributed by atoms with Crippen LogP contribution in [-0.2, 0) is 6.54 Å². The summed E-state index contributed by atoms with van der Waals surface area (Å²) in [4.78, 5) is 8.95. The summed E-state index contributed by atoms with van der Waals surface area (Å²) in [6, 6.07) is 0.733. The molecule has 5 nitrogen and oxygen atoms in total. The van der Waals surface area contributed by atoms with Gasteiger partial charge in [-0.25, -0.2) is 0 Å². The molecular weight excluding hydrogens is 252 g/mol. The molecule has 20 heavy (non-hydrogen) atoms. The third-order valence-electron chi connectivity index (χ3n) is 3.03. The Morgan fingerprint density at radius 2 is 1.95 bits per heavy atom. The van der Waals surface area contributed by atoms with E-state index in [9.17, 15) is 0 Å². The lowest BCUT2D eigenvalue weighted by Gasteiger charge is -2.20. The minimum Gasteiger partial charge on any atom is -0.432 e. The molecule has 1 aromatic rings. The summed E-state index contributed by atoms with van der Waals surface area (Å²) >= 11 is 0. The number of nitrogens with one attached hydrogen (secondary N) is 1. The van der Waals surface area contributed by atoms with Gasteiger partial charge in [-0.1, -0.05) is 0 Å². The summed E-state index contributed by atoms with van der Waals surface area (Å²) in [6.45, 7) is 12.3. The number of rotatable bonds is 8. The molecule has 5 heteroatoms. The quantitative estimate of drug-likeness (QED) is 0.793. The highest BCUT2D eigenvalue weighted by molar-refractivity contribution is 5.26. The molecule has 0 saturated heterocycles. The molecule has 1 aromatic heterocycles. The van der Waals surface area contributed by atoms with Gasteiger partial charge in [0, 0.05) is 25.2 Å². The van der Waals surface area contributed by atoms with Crippen molar-refractivity contribution in [3.05, 3.63) is 12.0 Å². The van der Waals surface area contributed by atoms with Crippen molar-refractivity contribution in [2.75, 3.05) is 38.6 Å². The Morgan fingerprint density at radius 3 is 2.50 bits per heavy atom. The second kappa shape index (κ2) is 7.64. The third-order valence-corrected chi connectivity index (χ3v) is 3.03. The number of aromatic nitrogens is 1. The monoisotopic (exact) mass is 282 g/mol. The SMILES string of the molecule is CCN(CCCN(C)C)c1nc(CNC(C)(C)C)co1. The summed E-state index contributed by atoms with van der Waals surface area (Å²) in [5.74, 6) is 0. The first-order valence-corrected chi connectivity index (χ1v) is 7.41. The lowest BCUT2D eigenvalue weighted by atomic mass is 10.1. The Kier molecular flexibility index (Phi) is 6.49. The fourth-order valence-corrected chi connectivity index (χ4v) is 1.85. The summed E-state index contributed by atoms with van der Waals surface area (Å²) in [7, 11) is 4.19. The molecule has 1 rings (SSSR count). The summed E-state index contributed by atoms with van der Waals surface area (Å²) < 4.78 is 5.60. The van der Waals surface area contributed by atoms with Gasteiger partial charge >= 0.3 is 0 Å². The molecule has 0 spiro atoms. The highest BCUT2D eigenvalue weighted by atomic mass is 16.4. The Labute approximate surface area is 123 Å². The number of nitrogens with zero attached hydrogens (tertiary/aromatic N) is 3. The lowest BCUT2D eigenvalue weighted by molar-refractivity contribution is 0.397. The number of anilines is 1. The average molecular weight is 282 g/mol. The van der Waals surface area contributed by atoms with Gasteiger partial charge in [-0.15, -0.1) is 0 Å². The fraction of sp³-hybridized carbons (Fsp3) is 0.800. The van der Waals surface area contributed by atoms with E-state index >= 15 is 0 Å². The van der Waals surface area contributed by atoms with E-state index in [4.69, 9.17) is 4.42 Å². The van der Waals surface area contributed by atoms with Crippen LogP contribution in [0.2, 0.25) is 0 Å². The molecular formula is C15H30N4O. The molecule has 0 bridgehead atoms. The smallest absolute Gasteiger partial charge is 0.297 e. The van der Waals surface area contributed by atoms with Crippen molar-refractivity contribution in [1.82, 2.24) is 15.2 Å². The number of oxazole rings is 1. The van der Waals surface area contributed by atoms with Gasteiger partial charge in [0.05, 0.1) is 5.69 Å². The molecule has 0 amide bonds. The third kappa shape index (κ3) is 6.39. The van der Waals surface area contributed by atoms with Crippen LogP contribution in [0.5, 0.6) is 0 Å². The molecule has 1 heterocycles. The summed E-state index contributed by atoms with van der Waals surface area (Å²) in [5, 5.41) is 3.42. The Hall–Kier alpha value is -1.07. The van der Waals surface area contributed by atoms with Crippen LogP contribution in [0, 0.1) is 0 Å². The molecule has 0 aromatic carbocycles. The van der Waals surface area contributed by atoms with Crippen molar-refractivity contribution in [2.24, 2.45) is 0 Å². The Balaban J connectivity index is 2.50. The van der Waals surface area contributed by atoms with Crippen LogP contribution < -0.4 is 10.2 Å². The van der Waals surface area contributed by atoms with Gasteiger partial charge in [0.1, 0.15) is 6.26 Å². The highest BCUT2D eigenvalue weighted by Gasteiger charge is 2.13. The fourth-order valence-electron chi connectivity index (χ4n) is 1.85. The zero-order valence-electron chi connectivity index (χ0n) is 13.9. The first-order valence-electron chi connectivity index (χ1n) is 7.41. The van der Waals surface area contributed by atoms with Crippen LogP contribution >= 0.6 is 0 Å². The Morgan fingerprint density at radius 1 is 1.25 bits per heavy atom. The van der Waals surface area contributed by atoms with Gasteiger partial charge in [-0.3, -0.25) is 0 Å². The molecule has 116 valence electrons. The van der Waals surface area contributed by atoms with E-state index in [1.165, 1.54) is 0 Å². The normalized spacial score (nSPS) is 12.2. The van der Waals surface area contributed by atoms with Gasteiger partial charge in [0.25, 0.3) is 6.01 Å². The number of hydrogen-bond donors (Lipinski definition) is 1. The molecule has 1 N–H and O–H groups in total. The maximum absolute atomic E-state index is 5.60. The van der Waals surface area contributed by atoms with E-state index in [0.717, 1.165) is 44.3 Å². The van der Waals surface area contributed by atoms with Gasteiger partial charge in [0.2, 0.25) is 0 Å². The van der Waals surface area contributed by atoms with Crippen molar-refractivity contribution in [3.8, 4) is 0 Å². The molecule has 0 atom stereocenters. The molecule has 0 saturated carbocycles. The Bertz CT molecular complexity index is 381. The topological polar surface area (TPSA) is 44.5 Å². The van der Waals surface area contributed by atoms with E-state index in [1.54, 1.807) is 6.26 Å². The zero-order valence-corrected chi connectivity index (χ0v) is 13.9. The average Bonchev–Trinajstić information content (AvgIpc) is 2.79. The predicted octanol–water partition coefficient (Wildman–Crippen LogP) is 2.34. The van der Waals surface area contributed by atoms with E-state index in [0.29, 0.717) is 0 Å².